The molecule has 6 heteroatoms. The summed E-state index contributed by atoms with van der Waals surface area (Å²) in [6, 6.07) is 13.8. The summed E-state index contributed by atoms with van der Waals surface area (Å²) in [4.78, 5) is 12.5. The second-order valence-corrected chi connectivity index (χ2v) is 8.55. The molecule has 0 aromatic heterocycles. The molecular weight excluding hydrogens is 362 g/mol. The van der Waals surface area contributed by atoms with Gasteiger partial charge in [-0.2, -0.15) is 0 Å². The van der Waals surface area contributed by atoms with Gasteiger partial charge >= 0.3 is 0 Å². The Labute approximate surface area is 161 Å². The number of hydrogen-bond acceptors (Lipinski definition) is 4. The van der Waals surface area contributed by atoms with Crippen molar-refractivity contribution >= 4 is 21.4 Å². The van der Waals surface area contributed by atoms with Crippen LogP contribution in [0.4, 0.5) is 5.69 Å². The molecule has 0 heterocycles. The number of carbonyl (C=O) groups is 1. The summed E-state index contributed by atoms with van der Waals surface area (Å²) in [5.74, 6) is -0.353. The van der Waals surface area contributed by atoms with Gasteiger partial charge in [0.15, 0.2) is 9.84 Å². The Balaban J connectivity index is 1.97. The van der Waals surface area contributed by atoms with Crippen LogP contribution in [0.25, 0.3) is 0 Å². The molecule has 0 saturated carbocycles. The van der Waals surface area contributed by atoms with Gasteiger partial charge in [0.25, 0.3) is 5.91 Å². The zero-order valence-electron chi connectivity index (χ0n) is 15.9. The third kappa shape index (κ3) is 6.48. The highest BCUT2D eigenvalue weighted by atomic mass is 32.2. The van der Waals surface area contributed by atoms with Crippen molar-refractivity contribution in [3.05, 3.63) is 59.7 Å². The van der Waals surface area contributed by atoms with Gasteiger partial charge in [-0.05, 0) is 54.8 Å². The van der Waals surface area contributed by atoms with Crippen molar-refractivity contribution in [2.45, 2.75) is 37.5 Å². The molecule has 5 nitrogen and oxygen atoms in total. The molecule has 2 aromatic rings. The zero-order chi connectivity index (χ0) is 19.7. The van der Waals surface area contributed by atoms with E-state index >= 15 is 0 Å². The summed E-state index contributed by atoms with van der Waals surface area (Å²) in [6.45, 7) is 2.32. The third-order valence-corrected chi connectivity index (χ3v) is 6.01. The SMILES string of the molecule is CCCCCc1ccc(NC(=O)c2ccc(S(=O)(=O)CCOC)cc2)cc1. The summed E-state index contributed by atoms with van der Waals surface area (Å²) in [5, 5.41) is 2.84. The largest absolute Gasteiger partial charge is 0.384 e. The fraction of sp³-hybridized carbons (Fsp3) is 0.381. The number of nitrogens with one attached hydrogen (secondary N) is 1. The van der Waals surface area contributed by atoms with Crippen LogP contribution < -0.4 is 5.32 Å². The molecule has 0 aliphatic rings. The Morgan fingerprint density at radius 2 is 1.67 bits per heavy atom. The number of anilines is 1. The Morgan fingerprint density at radius 1 is 1.00 bits per heavy atom. The maximum absolute atomic E-state index is 12.4. The molecule has 0 saturated heterocycles. The molecular formula is C21H27NO4S. The maximum atomic E-state index is 12.4. The minimum absolute atomic E-state index is 0.0837. The van der Waals surface area contributed by atoms with E-state index in [4.69, 9.17) is 4.74 Å². The second-order valence-electron chi connectivity index (χ2n) is 6.44. The van der Waals surface area contributed by atoms with Gasteiger partial charge in [-0.25, -0.2) is 8.42 Å². The molecule has 0 unspecified atom stereocenters. The minimum atomic E-state index is -3.40. The van der Waals surface area contributed by atoms with Gasteiger partial charge in [0.2, 0.25) is 0 Å². The number of aryl methyl sites for hydroxylation is 1. The molecule has 1 amide bonds. The number of benzene rings is 2. The summed E-state index contributed by atoms with van der Waals surface area (Å²) in [6.07, 6.45) is 4.62. The second kappa shape index (κ2) is 10.2. The molecule has 2 aromatic carbocycles. The van der Waals surface area contributed by atoms with Crippen LogP contribution in [0.2, 0.25) is 0 Å². The number of amides is 1. The lowest BCUT2D eigenvalue weighted by atomic mass is 10.1. The number of hydrogen-bond donors (Lipinski definition) is 1. The highest BCUT2D eigenvalue weighted by Gasteiger charge is 2.15. The van der Waals surface area contributed by atoms with Crippen molar-refractivity contribution in [3.8, 4) is 0 Å². The van der Waals surface area contributed by atoms with Gasteiger partial charge in [-0.3, -0.25) is 4.79 Å². The fourth-order valence-electron chi connectivity index (χ4n) is 2.66. The lowest BCUT2D eigenvalue weighted by molar-refractivity contribution is 0.102. The summed E-state index contributed by atoms with van der Waals surface area (Å²) in [7, 11) is -1.94. The van der Waals surface area contributed by atoms with Crippen molar-refractivity contribution < 1.29 is 17.9 Å². The first-order chi connectivity index (χ1) is 13.0. The molecule has 2 rings (SSSR count). The molecule has 1 N–H and O–H groups in total. The standard InChI is InChI=1S/C21H27NO4S/c1-3-4-5-6-17-7-11-19(12-8-17)22-21(23)18-9-13-20(14-10-18)27(24,25)16-15-26-2/h7-14H,3-6,15-16H2,1-2H3,(H,22,23). The molecule has 0 bridgehead atoms. The number of unbranched alkanes of at least 4 members (excludes halogenated alkanes) is 2. The van der Waals surface area contributed by atoms with Gasteiger partial charge < -0.3 is 10.1 Å². The van der Waals surface area contributed by atoms with Crippen LogP contribution in [0.15, 0.2) is 53.4 Å². The quantitative estimate of drug-likeness (QED) is 0.621. The van der Waals surface area contributed by atoms with Gasteiger partial charge in [0.05, 0.1) is 17.3 Å². The molecule has 0 radical (unpaired) electrons. The Kier molecular flexibility index (Phi) is 8.00. The van der Waals surface area contributed by atoms with Gasteiger partial charge in [0.1, 0.15) is 0 Å². The lowest BCUT2D eigenvalue weighted by Crippen LogP contribution is -2.14. The maximum Gasteiger partial charge on any atom is 0.255 e. The summed E-state index contributed by atoms with van der Waals surface area (Å²) >= 11 is 0. The minimum Gasteiger partial charge on any atom is -0.384 e. The van der Waals surface area contributed by atoms with Crippen molar-refractivity contribution in [2.75, 3.05) is 24.8 Å². The predicted octanol–water partition coefficient (Wildman–Crippen LogP) is 4.09. The zero-order valence-corrected chi connectivity index (χ0v) is 16.7. The monoisotopic (exact) mass is 389 g/mol. The average Bonchev–Trinajstić information content (AvgIpc) is 2.68. The number of ether oxygens (including phenoxy) is 1. The highest BCUT2D eigenvalue weighted by Crippen LogP contribution is 2.16. The van der Waals surface area contributed by atoms with Gasteiger partial charge in [0, 0.05) is 18.4 Å². The van der Waals surface area contributed by atoms with Crippen LogP contribution in [0.1, 0.15) is 42.1 Å². The molecule has 146 valence electrons. The predicted molar refractivity (Wildman–Crippen MR) is 108 cm³/mol. The molecule has 0 aliphatic heterocycles. The van der Waals surface area contributed by atoms with E-state index in [2.05, 4.69) is 12.2 Å². The number of methoxy groups -OCH3 is 1. The van der Waals surface area contributed by atoms with Crippen molar-refractivity contribution in [2.24, 2.45) is 0 Å². The molecule has 0 aliphatic carbocycles. The van der Waals surface area contributed by atoms with Crippen molar-refractivity contribution in [3.63, 3.8) is 0 Å². The Morgan fingerprint density at radius 3 is 2.26 bits per heavy atom. The number of carbonyl (C=O) groups excluding carboxylic acids is 1. The smallest absolute Gasteiger partial charge is 0.255 e. The molecule has 0 atom stereocenters. The first-order valence-corrected chi connectivity index (χ1v) is 10.8. The Bertz CT molecular complexity index is 827. The third-order valence-electron chi connectivity index (χ3n) is 4.31. The van der Waals surface area contributed by atoms with Gasteiger partial charge in [-0.1, -0.05) is 31.9 Å². The average molecular weight is 390 g/mol. The molecule has 0 spiro atoms. The van der Waals surface area contributed by atoms with E-state index in [0.29, 0.717) is 5.56 Å². The van der Waals surface area contributed by atoms with Gasteiger partial charge in [-0.15, -0.1) is 0 Å². The Hall–Kier alpha value is -2.18. The normalized spacial score (nSPS) is 11.3. The van der Waals surface area contributed by atoms with Crippen LogP contribution in [0, 0.1) is 0 Å². The molecule has 0 fully saturated rings. The van der Waals surface area contributed by atoms with Crippen LogP contribution in [-0.2, 0) is 21.0 Å². The van der Waals surface area contributed by atoms with E-state index in [1.165, 1.54) is 56.2 Å². The van der Waals surface area contributed by atoms with E-state index in [1.54, 1.807) is 0 Å². The van der Waals surface area contributed by atoms with Crippen LogP contribution in [0.5, 0.6) is 0 Å². The van der Waals surface area contributed by atoms with E-state index in [1.807, 2.05) is 24.3 Å². The molecule has 27 heavy (non-hydrogen) atoms. The van der Waals surface area contributed by atoms with Crippen molar-refractivity contribution in [1.82, 2.24) is 0 Å². The van der Waals surface area contributed by atoms with Crippen LogP contribution >= 0.6 is 0 Å². The first kappa shape index (κ1) is 21.1. The first-order valence-electron chi connectivity index (χ1n) is 9.18. The van der Waals surface area contributed by atoms with E-state index in [9.17, 15) is 13.2 Å². The topological polar surface area (TPSA) is 72.5 Å². The van der Waals surface area contributed by atoms with E-state index < -0.39 is 9.84 Å². The highest BCUT2D eigenvalue weighted by molar-refractivity contribution is 7.91. The van der Waals surface area contributed by atoms with Crippen LogP contribution in [-0.4, -0.2) is 33.8 Å². The van der Waals surface area contributed by atoms with Crippen molar-refractivity contribution in [1.29, 1.82) is 0 Å². The van der Waals surface area contributed by atoms with Crippen LogP contribution in [0.3, 0.4) is 0 Å². The lowest BCUT2D eigenvalue weighted by Gasteiger charge is -2.08. The fourth-order valence-corrected chi connectivity index (χ4v) is 3.83. The van der Waals surface area contributed by atoms with E-state index in [0.717, 1.165) is 12.1 Å². The number of rotatable bonds is 10. The number of sulfone groups is 1. The summed E-state index contributed by atoms with van der Waals surface area (Å²) in [5.41, 5.74) is 2.39. The van der Waals surface area contributed by atoms with E-state index in [-0.39, 0.29) is 23.2 Å². The summed E-state index contributed by atoms with van der Waals surface area (Å²) < 4.78 is 29.0.